The average molecular weight is 508 g/mol. The standard InChI is InChI=1S/C32H45NO4/c1-9-33-26(36)28(3)13-12-27(2)14-16-30(5)23-11-10-20-21(18-22(34)25(35)32(20,7)37-8)29(23,4)15-17-31(30,6)24(27)19-28/h10-11,18,24H,9,12-17,19H2,1-8H3,(H,33,36)/t24-,27-,28-,29+,30-,31+,32+/m1/s1. The third-order valence-corrected chi connectivity index (χ3v) is 12.3. The van der Waals surface area contributed by atoms with Gasteiger partial charge >= 0.3 is 0 Å². The van der Waals surface area contributed by atoms with Crippen LogP contribution < -0.4 is 5.32 Å². The topological polar surface area (TPSA) is 72.5 Å². The second-order valence-corrected chi connectivity index (χ2v) is 14.1. The van der Waals surface area contributed by atoms with Gasteiger partial charge in [0.2, 0.25) is 17.5 Å². The van der Waals surface area contributed by atoms with Gasteiger partial charge < -0.3 is 10.1 Å². The van der Waals surface area contributed by atoms with Gasteiger partial charge in [0, 0.05) is 24.5 Å². The molecule has 5 heteroatoms. The lowest BCUT2D eigenvalue weighted by molar-refractivity contribution is -0.169. The van der Waals surface area contributed by atoms with Gasteiger partial charge in [0.15, 0.2) is 5.60 Å². The van der Waals surface area contributed by atoms with E-state index in [0.29, 0.717) is 12.5 Å². The summed E-state index contributed by atoms with van der Waals surface area (Å²) >= 11 is 0. The van der Waals surface area contributed by atoms with Gasteiger partial charge in [0.05, 0.1) is 0 Å². The summed E-state index contributed by atoms with van der Waals surface area (Å²) < 4.78 is 5.71. The number of hydrogen-bond donors (Lipinski definition) is 1. The third kappa shape index (κ3) is 3.22. The normalized spacial score (nSPS) is 46.9. The summed E-state index contributed by atoms with van der Waals surface area (Å²) in [7, 11) is 1.52. The van der Waals surface area contributed by atoms with E-state index >= 15 is 0 Å². The summed E-state index contributed by atoms with van der Waals surface area (Å²) in [4.78, 5) is 39.0. The van der Waals surface area contributed by atoms with E-state index in [1.54, 1.807) is 13.0 Å². The zero-order valence-corrected chi connectivity index (χ0v) is 24.1. The Morgan fingerprint density at radius 3 is 2.27 bits per heavy atom. The van der Waals surface area contributed by atoms with Crippen molar-refractivity contribution in [1.29, 1.82) is 0 Å². The predicted octanol–water partition coefficient (Wildman–Crippen LogP) is 5.89. The van der Waals surface area contributed by atoms with E-state index in [2.05, 4.69) is 52.1 Å². The monoisotopic (exact) mass is 507 g/mol. The zero-order valence-electron chi connectivity index (χ0n) is 24.1. The Morgan fingerprint density at radius 2 is 1.62 bits per heavy atom. The van der Waals surface area contributed by atoms with Gasteiger partial charge in [0.25, 0.3) is 0 Å². The maximum atomic E-state index is 13.2. The maximum Gasteiger partial charge on any atom is 0.238 e. The minimum absolute atomic E-state index is 0.0322. The van der Waals surface area contributed by atoms with Gasteiger partial charge in [-0.3, -0.25) is 14.4 Å². The SMILES string of the molecule is CCNC(=O)[C@]1(C)CC[C@]2(C)CC[C@]3(C)C4=CC=C5C(=CC(=O)C(=O)[C@@]5(C)OC)[C@]4(C)CC[C@@]3(C)[C@@H]2C1. The van der Waals surface area contributed by atoms with E-state index in [1.165, 1.54) is 12.7 Å². The quantitative estimate of drug-likeness (QED) is 0.484. The summed E-state index contributed by atoms with van der Waals surface area (Å²) in [5, 5.41) is 3.12. The van der Waals surface area contributed by atoms with E-state index in [1.807, 2.05) is 6.92 Å². The molecule has 0 bridgehead atoms. The Labute approximate surface area is 222 Å². The van der Waals surface area contributed by atoms with Gasteiger partial charge in [0.1, 0.15) is 0 Å². The lowest BCUT2D eigenvalue weighted by Gasteiger charge is -2.70. The van der Waals surface area contributed by atoms with E-state index in [9.17, 15) is 14.4 Å². The van der Waals surface area contributed by atoms with Crippen LogP contribution in [-0.4, -0.2) is 36.7 Å². The molecule has 5 aliphatic rings. The van der Waals surface area contributed by atoms with Crippen LogP contribution >= 0.6 is 0 Å². The smallest absolute Gasteiger partial charge is 0.238 e. The van der Waals surface area contributed by atoms with Gasteiger partial charge in [-0.2, -0.15) is 0 Å². The number of carbonyl (C=O) groups is 3. The molecule has 7 atom stereocenters. The molecule has 1 N–H and O–H groups in total. The first kappa shape index (κ1) is 26.6. The van der Waals surface area contributed by atoms with Gasteiger partial charge in [-0.1, -0.05) is 52.3 Å². The van der Waals surface area contributed by atoms with Crippen LogP contribution in [0.3, 0.4) is 0 Å². The first-order valence-corrected chi connectivity index (χ1v) is 14.2. The molecule has 5 nitrogen and oxygen atoms in total. The number of rotatable bonds is 3. The molecule has 0 saturated heterocycles. The van der Waals surface area contributed by atoms with Gasteiger partial charge in [-0.25, -0.2) is 0 Å². The Morgan fingerprint density at radius 1 is 0.946 bits per heavy atom. The summed E-state index contributed by atoms with van der Waals surface area (Å²) in [5.41, 5.74) is 1.48. The maximum absolute atomic E-state index is 13.2. The molecule has 202 valence electrons. The molecule has 37 heavy (non-hydrogen) atoms. The summed E-state index contributed by atoms with van der Waals surface area (Å²) in [6.07, 6.45) is 13.1. The highest BCUT2D eigenvalue weighted by Crippen LogP contribution is 2.75. The highest BCUT2D eigenvalue weighted by molar-refractivity contribution is 6.46. The minimum Gasteiger partial charge on any atom is -0.365 e. The molecular formula is C32H45NO4. The van der Waals surface area contributed by atoms with Crippen LogP contribution in [0.2, 0.25) is 0 Å². The van der Waals surface area contributed by atoms with Crippen LogP contribution in [0.15, 0.2) is 34.9 Å². The number of fused-ring (bicyclic) bond motifs is 7. The number of amides is 1. The molecule has 0 aromatic heterocycles. The molecule has 0 heterocycles. The number of allylic oxidation sites excluding steroid dienone is 4. The van der Waals surface area contributed by atoms with Gasteiger partial charge in [-0.15, -0.1) is 0 Å². The van der Waals surface area contributed by atoms with Crippen molar-refractivity contribution in [2.75, 3.05) is 13.7 Å². The van der Waals surface area contributed by atoms with Crippen molar-refractivity contribution in [3.63, 3.8) is 0 Å². The molecule has 0 spiro atoms. The van der Waals surface area contributed by atoms with Crippen LogP contribution in [-0.2, 0) is 19.1 Å². The molecule has 0 radical (unpaired) electrons. The Bertz CT molecular complexity index is 1180. The van der Waals surface area contributed by atoms with Crippen molar-refractivity contribution < 1.29 is 19.1 Å². The molecular weight excluding hydrogens is 462 g/mol. The van der Waals surface area contributed by atoms with Crippen molar-refractivity contribution in [2.45, 2.75) is 99.0 Å². The number of methoxy groups -OCH3 is 1. The van der Waals surface area contributed by atoms with E-state index in [-0.39, 0.29) is 33.0 Å². The second-order valence-electron chi connectivity index (χ2n) is 14.1. The molecule has 3 fully saturated rings. The lowest BCUT2D eigenvalue weighted by Crippen LogP contribution is -2.63. The van der Waals surface area contributed by atoms with E-state index < -0.39 is 17.2 Å². The average Bonchev–Trinajstić information content (AvgIpc) is 2.86. The number of ketones is 2. The fourth-order valence-corrected chi connectivity index (χ4v) is 9.37. The zero-order chi connectivity index (χ0) is 27.2. The van der Waals surface area contributed by atoms with Crippen molar-refractivity contribution >= 4 is 17.5 Å². The molecule has 0 aromatic rings. The Hall–Kier alpha value is -2.01. The largest absolute Gasteiger partial charge is 0.365 e. The molecule has 0 aromatic carbocycles. The van der Waals surface area contributed by atoms with E-state index in [0.717, 1.165) is 56.1 Å². The third-order valence-electron chi connectivity index (χ3n) is 12.3. The van der Waals surface area contributed by atoms with Crippen LogP contribution in [0.1, 0.15) is 93.4 Å². The van der Waals surface area contributed by atoms with Crippen LogP contribution in [0.5, 0.6) is 0 Å². The number of hydrogen-bond acceptors (Lipinski definition) is 4. The number of Topliss-reactive ketones (excluding diaryl/α,β-unsaturated/α-hetero) is 1. The van der Waals surface area contributed by atoms with Gasteiger partial charge in [-0.05, 0) is 98.2 Å². The molecule has 0 unspecified atom stereocenters. The Balaban J connectivity index is 1.62. The minimum atomic E-state index is -1.24. The van der Waals surface area contributed by atoms with Crippen molar-refractivity contribution in [3.05, 3.63) is 34.9 Å². The van der Waals surface area contributed by atoms with Crippen molar-refractivity contribution in [3.8, 4) is 0 Å². The predicted molar refractivity (Wildman–Crippen MR) is 145 cm³/mol. The Kier molecular flexibility index (Phi) is 5.75. The van der Waals surface area contributed by atoms with E-state index in [4.69, 9.17) is 4.74 Å². The highest BCUT2D eigenvalue weighted by Gasteiger charge is 2.67. The lowest BCUT2D eigenvalue weighted by atomic mass is 9.34. The van der Waals surface area contributed by atoms with Crippen LogP contribution in [0.25, 0.3) is 0 Å². The molecule has 1 amide bonds. The summed E-state index contributed by atoms with van der Waals surface area (Å²) in [5.74, 6) is -0.313. The van der Waals surface area contributed by atoms with Crippen molar-refractivity contribution in [2.24, 2.45) is 33.0 Å². The number of nitrogens with one attached hydrogen (secondary N) is 1. The van der Waals surface area contributed by atoms with Crippen molar-refractivity contribution in [1.82, 2.24) is 5.32 Å². The molecule has 3 saturated carbocycles. The summed E-state index contributed by atoms with van der Waals surface area (Å²) in [6.45, 7) is 16.3. The number of ether oxygens (including phenoxy) is 1. The fourth-order valence-electron chi connectivity index (χ4n) is 9.37. The molecule has 5 rings (SSSR count). The first-order valence-electron chi connectivity index (χ1n) is 14.2. The number of carbonyl (C=O) groups excluding carboxylic acids is 3. The highest BCUT2D eigenvalue weighted by atomic mass is 16.5. The molecule has 0 aliphatic heterocycles. The molecule has 5 aliphatic carbocycles. The second kappa shape index (κ2) is 8.00. The fraction of sp³-hybridized carbons (Fsp3) is 0.719. The van der Waals surface area contributed by atoms with Crippen LogP contribution in [0, 0.1) is 33.0 Å². The van der Waals surface area contributed by atoms with Crippen LogP contribution in [0.4, 0.5) is 0 Å². The first-order chi connectivity index (χ1) is 17.2. The summed E-state index contributed by atoms with van der Waals surface area (Å²) in [6, 6.07) is 0.